The zero-order valence-corrected chi connectivity index (χ0v) is 6.40. The number of carbonyl (C=O) groups is 1. The first kappa shape index (κ1) is 8.47. The van der Waals surface area contributed by atoms with Crippen molar-refractivity contribution in [2.24, 2.45) is 11.1 Å². The molecule has 2 heteroatoms. The molecule has 9 heavy (non-hydrogen) atoms. The minimum atomic E-state index is -0.311. The summed E-state index contributed by atoms with van der Waals surface area (Å²) in [6.45, 7) is 5.79. The van der Waals surface area contributed by atoms with Gasteiger partial charge in [-0.2, -0.15) is 0 Å². The second kappa shape index (κ2) is 2.85. The van der Waals surface area contributed by atoms with Crippen molar-refractivity contribution in [2.45, 2.75) is 33.6 Å². The van der Waals surface area contributed by atoms with Crippen molar-refractivity contribution < 1.29 is 6.22 Å². The standard InChI is InChI=1S/C7H15NO.H2/c1-4-5-7(2,3)6(8)9;/h4-5H2,1-3H3,(H2,8,9);1H. The van der Waals surface area contributed by atoms with Gasteiger partial charge in [-0.3, -0.25) is 4.79 Å². The molecule has 56 valence electrons. The van der Waals surface area contributed by atoms with Crippen molar-refractivity contribution in [3.63, 3.8) is 0 Å². The van der Waals surface area contributed by atoms with Crippen LogP contribution in [0.2, 0.25) is 0 Å². The fraction of sp³-hybridized carbons (Fsp3) is 0.857. The van der Waals surface area contributed by atoms with E-state index in [-0.39, 0.29) is 12.7 Å². The molecule has 0 radical (unpaired) electrons. The minimum absolute atomic E-state index is 0. The second-order valence-electron chi connectivity index (χ2n) is 3.00. The first-order chi connectivity index (χ1) is 4.00. The topological polar surface area (TPSA) is 43.1 Å². The molecule has 0 heterocycles. The Bertz CT molecular complexity index is 112. The van der Waals surface area contributed by atoms with Gasteiger partial charge in [-0.05, 0) is 6.42 Å². The third-order valence-electron chi connectivity index (χ3n) is 1.54. The first-order valence-electron chi connectivity index (χ1n) is 3.30. The molecule has 0 rings (SSSR count). The molecule has 2 N–H and O–H groups in total. The lowest BCUT2D eigenvalue weighted by Crippen LogP contribution is -2.31. The summed E-state index contributed by atoms with van der Waals surface area (Å²) in [4.78, 5) is 10.6. The molecule has 0 aliphatic rings. The summed E-state index contributed by atoms with van der Waals surface area (Å²) >= 11 is 0. The van der Waals surface area contributed by atoms with Gasteiger partial charge in [0.15, 0.2) is 0 Å². The largest absolute Gasteiger partial charge is 0.369 e. The zero-order chi connectivity index (χ0) is 7.49. The number of hydrogen-bond donors (Lipinski definition) is 1. The SMILES string of the molecule is CCCC(C)(C)C(N)=O.[HH]. The summed E-state index contributed by atoms with van der Waals surface area (Å²) in [7, 11) is 0. The monoisotopic (exact) mass is 131 g/mol. The van der Waals surface area contributed by atoms with E-state index < -0.39 is 0 Å². The Labute approximate surface area is 57.9 Å². The number of amides is 1. The predicted molar refractivity (Wildman–Crippen MR) is 40.0 cm³/mol. The van der Waals surface area contributed by atoms with Crippen LogP contribution in [-0.4, -0.2) is 5.91 Å². The van der Waals surface area contributed by atoms with E-state index in [0.29, 0.717) is 0 Å². The summed E-state index contributed by atoms with van der Waals surface area (Å²) in [5.41, 5.74) is 4.81. The Morgan fingerprint density at radius 1 is 1.67 bits per heavy atom. The van der Waals surface area contributed by atoms with Crippen molar-refractivity contribution in [2.75, 3.05) is 0 Å². The summed E-state index contributed by atoms with van der Waals surface area (Å²) in [6.07, 6.45) is 1.89. The maximum absolute atomic E-state index is 10.6. The quantitative estimate of drug-likeness (QED) is 0.620. The van der Waals surface area contributed by atoms with Crippen LogP contribution in [0.4, 0.5) is 0 Å². The average Bonchev–Trinajstić information content (AvgIpc) is 1.65. The van der Waals surface area contributed by atoms with Crippen LogP contribution >= 0.6 is 0 Å². The molecule has 0 saturated heterocycles. The molecule has 0 aliphatic heterocycles. The van der Waals surface area contributed by atoms with Gasteiger partial charge >= 0.3 is 0 Å². The lowest BCUT2D eigenvalue weighted by Gasteiger charge is -2.18. The van der Waals surface area contributed by atoms with Gasteiger partial charge < -0.3 is 5.73 Å². The normalized spacial score (nSPS) is 11.4. The predicted octanol–water partition coefficient (Wildman–Crippen LogP) is 1.54. The van der Waals surface area contributed by atoms with E-state index in [2.05, 4.69) is 0 Å². The number of nitrogens with two attached hydrogens (primary N) is 1. The highest BCUT2D eigenvalue weighted by Gasteiger charge is 2.22. The lowest BCUT2D eigenvalue weighted by molar-refractivity contribution is -0.126. The highest BCUT2D eigenvalue weighted by atomic mass is 16.1. The Balaban J connectivity index is 0. The minimum Gasteiger partial charge on any atom is -0.369 e. The maximum atomic E-state index is 10.6. The Hall–Kier alpha value is -0.530. The molecule has 0 aliphatic carbocycles. The molecule has 0 spiro atoms. The van der Waals surface area contributed by atoms with Crippen molar-refractivity contribution in [1.82, 2.24) is 0 Å². The van der Waals surface area contributed by atoms with Crippen LogP contribution < -0.4 is 5.73 Å². The zero-order valence-electron chi connectivity index (χ0n) is 6.40. The van der Waals surface area contributed by atoms with Crippen molar-refractivity contribution >= 4 is 5.91 Å². The number of rotatable bonds is 3. The Morgan fingerprint density at radius 3 is 2.22 bits per heavy atom. The summed E-state index contributed by atoms with van der Waals surface area (Å²) in [5.74, 6) is -0.204. The molecule has 0 atom stereocenters. The van der Waals surface area contributed by atoms with E-state index in [1.165, 1.54) is 0 Å². The van der Waals surface area contributed by atoms with E-state index >= 15 is 0 Å². The lowest BCUT2D eigenvalue weighted by atomic mass is 9.88. The van der Waals surface area contributed by atoms with E-state index in [4.69, 9.17) is 5.73 Å². The van der Waals surface area contributed by atoms with Crippen LogP contribution in [0.5, 0.6) is 0 Å². The average molecular weight is 131 g/mol. The molecular weight excluding hydrogens is 114 g/mol. The number of carbonyl (C=O) groups excluding carboxylic acids is 1. The van der Waals surface area contributed by atoms with Crippen LogP contribution in [0.15, 0.2) is 0 Å². The summed E-state index contributed by atoms with van der Waals surface area (Å²) in [5, 5.41) is 0. The van der Waals surface area contributed by atoms with Crippen LogP contribution in [0, 0.1) is 5.41 Å². The highest BCUT2D eigenvalue weighted by Crippen LogP contribution is 2.20. The molecule has 2 nitrogen and oxygen atoms in total. The van der Waals surface area contributed by atoms with Crippen LogP contribution in [-0.2, 0) is 4.79 Å². The van der Waals surface area contributed by atoms with Gasteiger partial charge in [0.2, 0.25) is 5.91 Å². The Kier molecular flexibility index (Phi) is 2.68. The summed E-state index contributed by atoms with van der Waals surface area (Å²) in [6, 6.07) is 0. The fourth-order valence-corrected chi connectivity index (χ4v) is 0.748. The van der Waals surface area contributed by atoms with E-state index in [9.17, 15) is 4.79 Å². The van der Waals surface area contributed by atoms with E-state index in [0.717, 1.165) is 12.8 Å². The van der Waals surface area contributed by atoms with Gasteiger partial charge in [-0.1, -0.05) is 27.2 Å². The highest BCUT2D eigenvalue weighted by molar-refractivity contribution is 5.79. The molecule has 0 unspecified atom stereocenters. The van der Waals surface area contributed by atoms with Crippen LogP contribution in [0.1, 0.15) is 35.0 Å². The van der Waals surface area contributed by atoms with Gasteiger partial charge in [-0.15, -0.1) is 0 Å². The Morgan fingerprint density at radius 2 is 2.11 bits per heavy atom. The second-order valence-corrected chi connectivity index (χ2v) is 3.00. The van der Waals surface area contributed by atoms with Gasteiger partial charge in [-0.25, -0.2) is 0 Å². The molecule has 1 amide bonds. The number of hydrogen-bond acceptors (Lipinski definition) is 1. The first-order valence-corrected chi connectivity index (χ1v) is 3.30. The van der Waals surface area contributed by atoms with Crippen molar-refractivity contribution in [3.05, 3.63) is 0 Å². The molecule has 0 aromatic rings. The number of primary amides is 1. The maximum Gasteiger partial charge on any atom is 0.223 e. The van der Waals surface area contributed by atoms with Crippen LogP contribution in [0.25, 0.3) is 0 Å². The van der Waals surface area contributed by atoms with Gasteiger partial charge in [0.25, 0.3) is 0 Å². The molecule has 0 aromatic carbocycles. The molecule has 0 saturated carbocycles. The van der Waals surface area contributed by atoms with E-state index in [1.807, 2.05) is 20.8 Å². The third-order valence-corrected chi connectivity index (χ3v) is 1.54. The molecule has 0 aromatic heterocycles. The van der Waals surface area contributed by atoms with Crippen molar-refractivity contribution in [1.29, 1.82) is 0 Å². The van der Waals surface area contributed by atoms with Crippen LogP contribution in [0.3, 0.4) is 0 Å². The fourth-order valence-electron chi connectivity index (χ4n) is 0.748. The van der Waals surface area contributed by atoms with E-state index in [1.54, 1.807) is 0 Å². The summed E-state index contributed by atoms with van der Waals surface area (Å²) < 4.78 is 0. The van der Waals surface area contributed by atoms with Gasteiger partial charge in [0.05, 0.1) is 0 Å². The molecule has 0 bridgehead atoms. The van der Waals surface area contributed by atoms with Crippen molar-refractivity contribution in [3.8, 4) is 0 Å². The van der Waals surface area contributed by atoms with Gasteiger partial charge in [0.1, 0.15) is 0 Å². The molecular formula is C7H17NO. The third kappa shape index (κ3) is 2.49. The molecule has 0 fully saturated rings. The smallest absolute Gasteiger partial charge is 0.223 e. The van der Waals surface area contributed by atoms with Gasteiger partial charge in [0, 0.05) is 6.84 Å².